The Bertz CT molecular complexity index is 539. The van der Waals surface area contributed by atoms with Gasteiger partial charge in [-0.3, -0.25) is 5.10 Å². The average Bonchev–Trinajstić information content (AvgIpc) is 2.78. The van der Waals surface area contributed by atoms with Crippen molar-refractivity contribution < 1.29 is 8.42 Å². The first-order valence-corrected chi connectivity index (χ1v) is 8.68. The number of likely N-dealkylation sites (N-methyl/N-ethyl adjacent to an activating group) is 1. The van der Waals surface area contributed by atoms with Gasteiger partial charge in [-0.05, 0) is 40.9 Å². The first kappa shape index (κ1) is 18.1. The normalized spacial score (nSPS) is 13.8. The Balaban J connectivity index is 2.84. The second-order valence-corrected chi connectivity index (χ2v) is 7.17. The Labute approximate surface area is 127 Å². The molecule has 1 aromatic rings. The summed E-state index contributed by atoms with van der Waals surface area (Å²) in [6.45, 7) is 7.38. The van der Waals surface area contributed by atoms with Gasteiger partial charge in [0, 0.05) is 19.1 Å². The van der Waals surface area contributed by atoms with Gasteiger partial charge < -0.3 is 10.2 Å². The molecule has 0 spiro atoms. The Morgan fingerprint density at radius 3 is 2.62 bits per heavy atom. The lowest BCUT2D eigenvalue weighted by Gasteiger charge is -2.20. The number of H-pyrrole nitrogens is 1. The van der Waals surface area contributed by atoms with Crippen molar-refractivity contribution in [2.75, 3.05) is 27.2 Å². The average molecular weight is 317 g/mol. The number of aromatic nitrogens is 2. The molecule has 0 aliphatic heterocycles. The summed E-state index contributed by atoms with van der Waals surface area (Å²) in [5, 5.41) is 10.0. The number of sulfonamides is 1. The highest BCUT2D eigenvalue weighted by Gasteiger charge is 2.24. The zero-order valence-electron chi connectivity index (χ0n) is 13.5. The molecule has 0 saturated carbocycles. The third kappa shape index (κ3) is 5.06. The molecule has 0 radical (unpaired) electrons. The Hall–Kier alpha value is -0.960. The van der Waals surface area contributed by atoms with Crippen LogP contribution in [0, 0.1) is 6.92 Å². The van der Waals surface area contributed by atoms with Gasteiger partial charge in [-0.2, -0.15) is 5.10 Å². The van der Waals surface area contributed by atoms with E-state index in [4.69, 9.17) is 0 Å². The van der Waals surface area contributed by atoms with Crippen LogP contribution in [0.15, 0.2) is 4.90 Å². The topological polar surface area (TPSA) is 90.1 Å². The smallest absolute Gasteiger partial charge is 0.244 e. The molecule has 1 rings (SSSR count). The van der Waals surface area contributed by atoms with Crippen LogP contribution < -0.4 is 10.0 Å². The van der Waals surface area contributed by atoms with E-state index in [0.717, 1.165) is 13.0 Å². The van der Waals surface area contributed by atoms with Gasteiger partial charge in [-0.25, -0.2) is 13.1 Å². The molecule has 0 fully saturated rings. The predicted octanol–water partition coefficient (Wildman–Crippen LogP) is 0.446. The molecule has 8 heteroatoms. The van der Waals surface area contributed by atoms with Crippen LogP contribution in [-0.4, -0.2) is 56.7 Å². The molecule has 1 heterocycles. The summed E-state index contributed by atoms with van der Waals surface area (Å²) in [6.07, 6.45) is 0.990. The number of nitrogens with zero attached hydrogens (tertiary/aromatic N) is 2. The summed E-state index contributed by atoms with van der Waals surface area (Å²) in [7, 11) is 0.283. The number of hydrogen-bond donors (Lipinski definition) is 3. The molecular weight excluding hydrogens is 290 g/mol. The van der Waals surface area contributed by atoms with E-state index in [1.807, 2.05) is 25.9 Å². The quantitative estimate of drug-likeness (QED) is 0.575. The van der Waals surface area contributed by atoms with Crippen molar-refractivity contribution in [1.29, 1.82) is 0 Å². The number of nitrogens with one attached hydrogen (secondary N) is 3. The minimum atomic E-state index is -3.55. The fraction of sp³-hybridized carbons (Fsp3) is 0.769. The van der Waals surface area contributed by atoms with E-state index >= 15 is 0 Å². The molecule has 21 heavy (non-hydrogen) atoms. The number of aromatic amines is 1. The summed E-state index contributed by atoms with van der Waals surface area (Å²) in [5.74, 6) is 0. The van der Waals surface area contributed by atoms with Crippen LogP contribution in [0.5, 0.6) is 0 Å². The van der Waals surface area contributed by atoms with Crippen molar-refractivity contribution in [2.24, 2.45) is 0 Å². The highest BCUT2D eigenvalue weighted by atomic mass is 32.2. The van der Waals surface area contributed by atoms with Crippen molar-refractivity contribution in [1.82, 2.24) is 25.1 Å². The standard InChI is InChI=1S/C13H27N5O2S/c1-6-7-14-9-12-13(11(3)16-17-12)21(19,20)15-8-10(2)18(4)5/h10,14-15H,6-9H2,1-5H3,(H,16,17). The van der Waals surface area contributed by atoms with Crippen molar-refractivity contribution >= 4 is 10.0 Å². The van der Waals surface area contributed by atoms with E-state index in [9.17, 15) is 8.42 Å². The zero-order valence-corrected chi connectivity index (χ0v) is 14.3. The SMILES string of the molecule is CCCNCc1n[nH]c(C)c1S(=O)(=O)NCC(C)N(C)C. The van der Waals surface area contributed by atoms with Crippen LogP contribution in [0.2, 0.25) is 0 Å². The highest BCUT2D eigenvalue weighted by molar-refractivity contribution is 7.89. The lowest BCUT2D eigenvalue weighted by Crippen LogP contribution is -2.38. The van der Waals surface area contributed by atoms with Gasteiger partial charge in [0.05, 0.1) is 11.4 Å². The molecule has 0 aliphatic rings. The minimum Gasteiger partial charge on any atom is -0.311 e. The van der Waals surface area contributed by atoms with Crippen molar-refractivity contribution in [3.05, 3.63) is 11.4 Å². The van der Waals surface area contributed by atoms with Gasteiger partial charge in [0.25, 0.3) is 0 Å². The third-order valence-corrected chi connectivity index (χ3v) is 5.03. The third-order valence-electron chi connectivity index (χ3n) is 3.40. The fourth-order valence-electron chi connectivity index (χ4n) is 1.81. The van der Waals surface area contributed by atoms with Gasteiger partial charge in [0.1, 0.15) is 4.90 Å². The molecule has 0 bridgehead atoms. The number of aryl methyl sites for hydroxylation is 1. The lowest BCUT2D eigenvalue weighted by atomic mass is 10.3. The molecule has 0 amide bonds. The van der Waals surface area contributed by atoms with Crippen LogP contribution in [0.25, 0.3) is 0 Å². The Morgan fingerprint density at radius 2 is 2.05 bits per heavy atom. The zero-order chi connectivity index (χ0) is 16.0. The minimum absolute atomic E-state index is 0.119. The second kappa shape index (κ2) is 7.88. The highest BCUT2D eigenvalue weighted by Crippen LogP contribution is 2.17. The van der Waals surface area contributed by atoms with E-state index < -0.39 is 10.0 Å². The molecule has 0 aromatic carbocycles. The Morgan fingerprint density at radius 1 is 1.38 bits per heavy atom. The van der Waals surface area contributed by atoms with Gasteiger partial charge in [0.2, 0.25) is 10.0 Å². The molecule has 122 valence electrons. The molecule has 7 nitrogen and oxygen atoms in total. The van der Waals surface area contributed by atoms with Gasteiger partial charge in [0.15, 0.2) is 0 Å². The molecule has 0 aliphatic carbocycles. The lowest BCUT2D eigenvalue weighted by molar-refractivity contribution is 0.314. The summed E-state index contributed by atoms with van der Waals surface area (Å²) < 4.78 is 27.6. The summed E-state index contributed by atoms with van der Waals surface area (Å²) in [6, 6.07) is 0.119. The maximum atomic E-state index is 12.5. The monoisotopic (exact) mass is 317 g/mol. The molecule has 0 saturated heterocycles. The fourth-order valence-corrected chi connectivity index (χ4v) is 3.30. The maximum absolute atomic E-state index is 12.5. The Kier molecular flexibility index (Phi) is 6.79. The van der Waals surface area contributed by atoms with Gasteiger partial charge >= 0.3 is 0 Å². The van der Waals surface area contributed by atoms with Gasteiger partial charge in [-0.15, -0.1) is 0 Å². The van der Waals surface area contributed by atoms with Gasteiger partial charge in [-0.1, -0.05) is 6.92 Å². The van der Waals surface area contributed by atoms with Crippen molar-refractivity contribution in [3.63, 3.8) is 0 Å². The molecule has 1 aromatic heterocycles. The van der Waals surface area contributed by atoms with Crippen LogP contribution in [0.3, 0.4) is 0 Å². The largest absolute Gasteiger partial charge is 0.311 e. The molecule has 3 N–H and O–H groups in total. The van der Waals surface area contributed by atoms with E-state index in [1.165, 1.54) is 0 Å². The van der Waals surface area contributed by atoms with Crippen LogP contribution in [0.4, 0.5) is 0 Å². The summed E-state index contributed by atoms with van der Waals surface area (Å²) in [4.78, 5) is 2.23. The first-order chi connectivity index (χ1) is 9.79. The van der Waals surface area contributed by atoms with E-state index in [0.29, 0.717) is 24.5 Å². The second-order valence-electron chi connectivity index (χ2n) is 5.47. The van der Waals surface area contributed by atoms with Crippen molar-refractivity contribution in [3.8, 4) is 0 Å². The van der Waals surface area contributed by atoms with E-state index in [-0.39, 0.29) is 10.9 Å². The molecular formula is C13H27N5O2S. The number of hydrogen-bond acceptors (Lipinski definition) is 5. The molecule has 1 unspecified atom stereocenters. The predicted molar refractivity (Wildman–Crippen MR) is 83.7 cm³/mol. The summed E-state index contributed by atoms with van der Waals surface area (Å²) in [5.41, 5.74) is 1.10. The first-order valence-electron chi connectivity index (χ1n) is 7.20. The van der Waals surface area contributed by atoms with Crippen LogP contribution in [0.1, 0.15) is 31.7 Å². The summed E-state index contributed by atoms with van der Waals surface area (Å²) >= 11 is 0. The van der Waals surface area contributed by atoms with Crippen LogP contribution in [-0.2, 0) is 16.6 Å². The van der Waals surface area contributed by atoms with E-state index in [2.05, 4.69) is 27.2 Å². The molecule has 1 atom stereocenters. The van der Waals surface area contributed by atoms with E-state index in [1.54, 1.807) is 6.92 Å². The maximum Gasteiger partial charge on any atom is 0.244 e. The van der Waals surface area contributed by atoms with Crippen LogP contribution >= 0.6 is 0 Å². The van der Waals surface area contributed by atoms with Crippen molar-refractivity contribution in [2.45, 2.75) is 44.7 Å². The number of rotatable bonds is 9.